The molecule has 0 saturated heterocycles. The fourth-order valence-electron chi connectivity index (χ4n) is 1.97. The Hall–Kier alpha value is -2.89. The second kappa shape index (κ2) is 7.21. The summed E-state index contributed by atoms with van der Waals surface area (Å²) in [6.07, 6.45) is 3.10. The number of carboxylic acid groups (broad SMARTS) is 1. The number of amides is 1. The van der Waals surface area contributed by atoms with E-state index in [0.717, 1.165) is 5.56 Å². The van der Waals surface area contributed by atoms with Gasteiger partial charge in [-0.1, -0.05) is 12.1 Å². The predicted octanol–water partition coefficient (Wildman–Crippen LogP) is 1.52. The van der Waals surface area contributed by atoms with Gasteiger partial charge in [0.2, 0.25) is 0 Å². The Bertz CT molecular complexity index is 658. The van der Waals surface area contributed by atoms with E-state index in [9.17, 15) is 14.7 Å². The number of pyridine rings is 1. The van der Waals surface area contributed by atoms with Crippen molar-refractivity contribution in [3.05, 3.63) is 59.9 Å². The van der Waals surface area contributed by atoms with Crippen molar-refractivity contribution in [3.63, 3.8) is 0 Å². The number of benzene rings is 1. The van der Waals surface area contributed by atoms with E-state index in [1.54, 1.807) is 42.6 Å². The van der Waals surface area contributed by atoms with Gasteiger partial charge in [-0.3, -0.25) is 9.78 Å². The molecule has 22 heavy (non-hydrogen) atoms. The smallest absolute Gasteiger partial charge is 0.326 e. The van der Waals surface area contributed by atoms with Crippen LogP contribution in [0.25, 0.3) is 0 Å². The number of hydrogen-bond acceptors (Lipinski definition) is 4. The van der Waals surface area contributed by atoms with Gasteiger partial charge >= 0.3 is 5.97 Å². The maximum absolute atomic E-state index is 12.0. The highest BCUT2D eigenvalue weighted by atomic mass is 16.5. The van der Waals surface area contributed by atoms with E-state index >= 15 is 0 Å². The Morgan fingerprint density at radius 2 is 2.14 bits per heavy atom. The molecular weight excluding hydrogens is 284 g/mol. The third-order valence-electron chi connectivity index (χ3n) is 3.10. The quantitative estimate of drug-likeness (QED) is 0.844. The molecule has 1 aromatic carbocycles. The number of rotatable bonds is 6. The zero-order valence-corrected chi connectivity index (χ0v) is 12.0. The van der Waals surface area contributed by atoms with Crippen molar-refractivity contribution in [3.8, 4) is 5.75 Å². The maximum atomic E-state index is 12.0. The molecule has 114 valence electrons. The van der Waals surface area contributed by atoms with Crippen molar-refractivity contribution in [1.29, 1.82) is 0 Å². The first-order valence-corrected chi connectivity index (χ1v) is 6.67. The van der Waals surface area contributed by atoms with Gasteiger partial charge in [-0.25, -0.2) is 4.79 Å². The minimum absolute atomic E-state index is 0.165. The standard InChI is InChI=1S/C16H16N2O4/c1-22-13-6-2-4-11(8-13)9-14(16(20)21)18-15(19)12-5-3-7-17-10-12/h2-8,10,14H,9H2,1H3,(H,18,19)(H,20,21)/t14-/m0/s1. The lowest BCUT2D eigenvalue weighted by Crippen LogP contribution is -2.42. The van der Waals surface area contributed by atoms with Gasteiger partial charge in [0.1, 0.15) is 11.8 Å². The second-order valence-electron chi connectivity index (χ2n) is 4.66. The molecule has 2 aromatic rings. The van der Waals surface area contributed by atoms with Crippen LogP contribution in [0.2, 0.25) is 0 Å². The van der Waals surface area contributed by atoms with Crippen LogP contribution in [0, 0.1) is 0 Å². The minimum atomic E-state index is -1.10. The molecule has 0 fully saturated rings. The summed E-state index contributed by atoms with van der Waals surface area (Å²) in [7, 11) is 1.54. The van der Waals surface area contributed by atoms with E-state index in [0.29, 0.717) is 11.3 Å². The molecular formula is C16H16N2O4. The molecule has 0 unspecified atom stereocenters. The van der Waals surface area contributed by atoms with E-state index in [4.69, 9.17) is 4.74 Å². The van der Waals surface area contributed by atoms with Gasteiger partial charge in [0.15, 0.2) is 0 Å². The number of carboxylic acids is 1. The van der Waals surface area contributed by atoms with Crippen LogP contribution >= 0.6 is 0 Å². The average Bonchev–Trinajstić information content (AvgIpc) is 2.55. The van der Waals surface area contributed by atoms with E-state index in [1.165, 1.54) is 13.3 Å². The van der Waals surface area contributed by atoms with Gasteiger partial charge in [0.25, 0.3) is 5.91 Å². The lowest BCUT2D eigenvalue weighted by molar-refractivity contribution is -0.139. The van der Waals surface area contributed by atoms with Crippen molar-refractivity contribution in [2.75, 3.05) is 7.11 Å². The number of nitrogens with one attached hydrogen (secondary N) is 1. The Labute approximate surface area is 127 Å². The van der Waals surface area contributed by atoms with Gasteiger partial charge in [-0.2, -0.15) is 0 Å². The third kappa shape index (κ3) is 4.05. The molecule has 0 spiro atoms. The Kier molecular flexibility index (Phi) is 5.08. The minimum Gasteiger partial charge on any atom is -0.497 e. The van der Waals surface area contributed by atoms with Crippen LogP contribution in [-0.2, 0) is 11.2 Å². The number of aromatic nitrogens is 1. The third-order valence-corrected chi connectivity index (χ3v) is 3.10. The summed E-state index contributed by atoms with van der Waals surface area (Å²) >= 11 is 0. The van der Waals surface area contributed by atoms with Crippen molar-refractivity contribution in [2.24, 2.45) is 0 Å². The van der Waals surface area contributed by atoms with Crippen LogP contribution in [0.3, 0.4) is 0 Å². The predicted molar refractivity (Wildman–Crippen MR) is 79.8 cm³/mol. The number of ether oxygens (including phenoxy) is 1. The van der Waals surface area contributed by atoms with Gasteiger partial charge in [0.05, 0.1) is 12.7 Å². The Morgan fingerprint density at radius 3 is 2.77 bits per heavy atom. The largest absolute Gasteiger partial charge is 0.497 e. The molecule has 0 aliphatic carbocycles. The highest BCUT2D eigenvalue weighted by molar-refractivity contribution is 5.96. The maximum Gasteiger partial charge on any atom is 0.326 e. The van der Waals surface area contributed by atoms with Crippen molar-refractivity contribution < 1.29 is 19.4 Å². The summed E-state index contributed by atoms with van der Waals surface area (Å²) in [5.74, 6) is -0.927. The molecule has 0 bridgehead atoms. The average molecular weight is 300 g/mol. The molecule has 2 N–H and O–H groups in total. The van der Waals surface area contributed by atoms with Crippen molar-refractivity contribution in [2.45, 2.75) is 12.5 Å². The summed E-state index contributed by atoms with van der Waals surface area (Å²) in [5.41, 5.74) is 1.08. The summed E-state index contributed by atoms with van der Waals surface area (Å²) in [5, 5.41) is 11.8. The first-order chi connectivity index (χ1) is 10.6. The number of carbonyl (C=O) groups excluding carboxylic acids is 1. The molecule has 0 aliphatic rings. The number of aliphatic carboxylic acids is 1. The molecule has 1 amide bonds. The van der Waals surface area contributed by atoms with Crippen LogP contribution in [-0.4, -0.2) is 35.1 Å². The van der Waals surface area contributed by atoms with Crippen molar-refractivity contribution >= 4 is 11.9 Å². The first kappa shape index (κ1) is 15.5. The summed E-state index contributed by atoms with van der Waals surface area (Å²) < 4.78 is 5.10. The number of nitrogens with zero attached hydrogens (tertiary/aromatic N) is 1. The van der Waals surface area contributed by atoms with Crippen LogP contribution in [0.15, 0.2) is 48.8 Å². The Morgan fingerprint density at radius 1 is 1.32 bits per heavy atom. The molecule has 6 nitrogen and oxygen atoms in total. The highest BCUT2D eigenvalue weighted by Gasteiger charge is 2.21. The molecule has 0 saturated carbocycles. The number of methoxy groups -OCH3 is 1. The number of hydrogen-bond donors (Lipinski definition) is 2. The lowest BCUT2D eigenvalue weighted by atomic mass is 10.1. The molecule has 1 atom stereocenters. The Balaban J connectivity index is 2.10. The second-order valence-corrected chi connectivity index (χ2v) is 4.66. The monoisotopic (exact) mass is 300 g/mol. The molecule has 1 aromatic heterocycles. The molecule has 1 heterocycles. The number of carbonyl (C=O) groups is 2. The summed E-state index contributed by atoms with van der Waals surface area (Å²) in [4.78, 5) is 27.2. The lowest BCUT2D eigenvalue weighted by Gasteiger charge is -2.15. The van der Waals surface area contributed by atoms with E-state index in [2.05, 4.69) is 10.3 Å². The molecule has 0 radical (unpaired) electrons. The van der Waals surface area contributed by atoms with Crippen LogP contribution in [0.5, 0.6) is 5.75 Å². The molecule has 2 rings (SSSR count). The normalized spacial score (nSPS) is 11.5. The molecule has 0 aliphatic heterocycles. The fraction of sp³-hybridized carbons (Fsp3) is 0.188. The van der Waals surface area contributed by atoms with E-state index < -0.39 is 17.9 Å². The van der Waals surface area contributed by atoms with Crippen molar-refractivity contribution in [1.82, 2.24) is 10.3 Å². The van der Waals surface area contributed by atoms with Gasteiger partial charge in [-0.05, 0) is 29.8 Å². The van der Waals surface area contributed by atoms with Gasteiger partial charge in [-0.15, -0.1) is 0 Å². The van der Waals surface area contributed by atoms with Gasteiger partial charge < -0.3 is 15.2 Å². The van der Waals surface area contributed by atoms with Crippen LogP contribution in [0.4, 0.5) is 0 Å². The van der Waals surface area contributed by atoms with Gasteiger partial charge in [0, 0.05) is 18.8 Å². The highest BCUT2D eigenvalue weighted by Crippen LogP contribution is 2.14. The summed E-state index contributed by atoms with van der Waals surface area (Å²) in [6, 6.07) is 9.24. The molecule has 6 heteroatoms. The zero-order chi connectivity index (χ0) is 15.9. The van der Waals surface area contributed by atoms with Crippen LogP contribution in [0.1, 0.15) is 15.9 Å². The zero-order valence-electron chi connectivity index (χ0n) is 12.0. The fourth-order valence-corrected chi connectivity index (χ4v) is 1.97. The van der Waals surface area contributed by atoms with E-state index in [1.807, 2.05) is 0 Å². The van der Waals surface area contributed by atoms with E-state index in [-0.39, 0.29) is 6.42 Å². The first-order valence-electron chi connectivity index (χ1n) is 6.67. The summed E-state index contributed by atoms with van der Waals surface area (Å²) in [6.45, 7) is 0. The topological polar surface area (TPSA) is 88.5 Å². The van der Waals surface area contributed by atoms with Crippen LogP contribution < -0.4 is 10.1 Å². The SMILES string of the molecule is COc1cccc(C[C@H](NC(=O)c2cccnc2)C(=O)O)c1.